The first-order valence-corrected chi connectivity index (χ1v) is 13.0. The molecule has 2 aromatic carbocycles. The molecular formula is C24H23N5O4S2. The lowest BCUT2D eigenvalue weighted by atomic mass is 10.2. The van der Waals surface area contributed by atoms with Crippen molar-refractivity contribution in [3.8, 4) is 29.1 Å². The highest BCUT2D eigenvalue weighted by molar-refractivity contribution is 7.89. The fourth-order valence-corrected chi connectivity index (χ4v) is 5.31. The predicted molar refractivity (Wildman–Crippen MR) is 132 cm³/mol. The molecule has 0 aliphatic carbocycles. The van der Waals surface area contributed by atoms with Crippen molar-refractivity contribution in [3.63, 3.8) is 0 Å². The van der Waals surface area contributed by atoms with Crippen LogP contribution in [-0.4, -0.2) is 43.3 Å². The van der Waals surface area contributed by atoms with Crippen molar-refractivity contribution < 1.29 is 17.9 Å². The third kappa shape index (κ3) is 6.64. The topological polar surface area (TPSA) is 136 Å². The maximum Gasteiger partial charge on any atom is 0.257 e. The Morgan fingerprint density at radius 3 is 2.26 bits per heavy atom. The Morgan fingerprint density at radius 2 is 1.69 bits per heavy atom. The Balaban J connectivity index is 1.69. The Labute approximate surface area is 208 Å². The molecule has 0 spiro atoms. The van der Waals surface area contributed by atoms with Crippen molar-refractivity contribution in [2.24, 2.45) is 0 Å². The number of nitrogens with one attached hydrogen (secondary N) is 1. The normalized spacial score (nSPS) is 11.0. The number of aromatic nitrogens is 1. The summed E-state index contributed by atoms with van der Waals surface area (Å²) in [6.45, 7) is 2.48. The van der Waals surface area contributed by atoms with Gasteiger partial charge in [0.1, 0.15) is 5.75 Å². The summed E-state index contributed by atoms with van der Waals surface area (Å²) in [5.74, 6) is 0.344. The second kappa shape index (κ2) is 12.1. The van der Waals surface area contributed by atoms with Gasteiger partial charge >= 0.3 is 0 Å². The van der Waals surface area contributed by atoms with Crippen LogP contribution in [0, 0.1) is 22.7 Å². The molecular weight excluding hydrogens is 486 g/mol. The van der Waals surface area contributed by atoms with E-state index in [0.717, 1.165) is 15.6 Å². The SMILES string of the molecule is CCOc1ccc(-c2csc(NC(=O)c3ccc(S(=O)(=O)N(CCC#N)CCC#N)cc3)n2)cc1. The number of nitrogens with zero attached hydrogens (tertiary/aromatic N) is 4. The van der Waals surface area contributed by atoms with Gasteiger partial charge in [0.2, 0.25) is 10.0 Å². The van der Waals surface area contributed by atoms with Crippen molar-refractivity contribution in [2.45, 2.75) is 24.7 Å². The van der Waals surface area contributed by atoms with E-state index in [0.29, 0.717) is 17.4 Å². The molecule has 3 rings (SSSR count). The summed E-state index contributed by atoms with van der Waals surface area (Å²) >= 11 is 1.28. The molecule has 0 bridgehead atoms. The Bertz CT molecular complexity index is 1320. The van der Waals surface area contributed by atoms with Crippen LogP contribution in [0.25, 0.3) is 11.3 Å². The lowest BCUT2D eigenvalue weighted by Crippen LogP contribution is -2.32. The van der Waals surface area contributed by atoms with Crippen molar-refractivity contribution in [3.05, 3.63) is 59.5 Å². The molecule has 0 atom stereocenters. The van der Waals surface area contributed by atoms with Crippen LogP contribution < -0.4 is 10.1 Å². The summed E-state index contributed by atoms with van der Waals surface area (Å²) in [4.78, 5) is 17.1. The monoisotopic (exact) mass is 509 g/mol. The summed E-state index contributed by atoms with van der Waals surface area (Å²) in [7, 11) is -3.90. The smallest absolute Gasteiger partial charge is 0.257 e. The van der Waals surface area contributed by atoms with E-state index in [2.05, 4.69) is 10.3 Å². The molecule has 0 unspecified atom stereocenters. The van der Waals surface area contributed by atoms with Crippen molar-refractivity contribution >= 4 is 32.4 Å². The van der Waals surface area contributed by atoms with E-state index in [9.17, 15) is 13.2 Å². The Kier molecular flexibility index (Phi) is 8.92. The first-order chi connectivity index (χ1) is 16.9. The van der Waals surface area contributed by atoms with Crippen LogP contribution in [0.5, 0.6) is 5.75 Å². The van der Waals surface area contributed by atoms with Gasteiger partial charge in [0.15, 0.2) is 5.13 Å². The third-order valence-corrected chi connectivity index (χ3v) is 7.56. The van der Waals surface area contributed by atoms with E-state index in [4.69, 9.17) is 15.3 Å². The fraction of sp³-hybridized carbons (Fsp3) is 0.250. The van der Waals surface area contributed by atoms with Gasteiger partial charge in [0.05, 0.1) is 29.3 Å². The molecule has 180 valence electrons. The van der Waals surface area contributed by atoms with E-state index < -0.39 is 15.9 Å². The summed E-state index contributed by atoms with van der Waals surface area (Å²) in [5.41, 5.74) is 1.86. The molecule has 1 heterocycles. The molecule has 9 nitrogen and oxygen atoms in total. The van der Waals surface area contributed by atoms with Crippen molar-refractivity contribution in [1.82, 2.24) is 9.29 Å². The van der Waals surface area contributed by atoms with Gasteiger partial charge in [0, 0.05) is 42.4 Å². The van der Waals surface area contributed by atoms with Crippen molar-refractivity contribution in [2.75, 3.05) is 25.0 Å². The number of hydrogen-bond donors (Lipinski definition) is 1. The van der Waals surface area contributed by atoms with Crippen LogP contribution in [0.3, 0.4) is 0 Å². The number of sulfonamides is 1. The molecule has 1 N–H and O–H groups in total. The quantitative estimate of drug-likeness (QED) is 0.407. The molecule has 1 aromatic heterocycles. The molecule has 35 heavy (non-hydrogen) atoms. The maximum absolute atomic E-state index is 12.9. The average molecular weight is 510 g/mol. The Hall–Kier alpha value is -3.77. The van der Waals surface area contributed by atoms with Gasteiger partial charge in [0.25, 0.3) is 5.91 Å². The number of rotatable bonds is 11. The van der Waals surface area contributed by atoms with E-state index >= 15 is 0 Å². The zero-order chi connectivity index (χ0) is 25.3. The molecule has 0 radical (unpaired) electrons. The van der Waals surface area contributed by atoms with Crippen LogP contribution in [0.2, 0.25) is 0 Å². The average Bonchev–Trinajstić information content (AvgIpc) is 3.33. The van der Waals surface area contributed by atoms with E-state index in [1.165, 1.54) is 35.6 Å². The molecule has 0 fully saturated rings. The highest BCUT2D eigenvalue weighted by atomic mass is 32.2. The van der Waals surface area contributed by atoms with Gasteiger partial charge in [-0.2, -0.15) is 14.8 Å². The number of carbonyl (C=O) groups excluding carboxylic acids is 1. The van der Waals surface area contributed by atoms with Gasteiger partial charge in [-0.3, -0.25) is 10.1 Å². The maximum atomic E-state index is 12.9. The van der Waals surface area contributed by atoms with Crippen molar-refractivity contribution in [1.29, 1.82) is 10.5 Å². The highest BCUT2D eigenvalue weighted by Gasteiger charge is 2.24. The van der Waals surface area contributed by atoms with Gasteiger partial charge in [-0.05, 0) is 55.5 Å². The van der Waals surface area contributed by atoms with E-state index in [1.807, 2.05) is 48.7 Å². The first kappa shape index (κ1) is 25.8. The number of benzene rings is 2. The molecule has 0 aliphatic heterocycles. The van der Waals surface area contributed by atoms with Crippen LogP contribution in [0.4, 0.5) is 5.13 Å². The van der Waals surface area contributed by atoms with E-state index in [1.54, 1.807) is 0 Å². The van der Waals surface area contributed by atoms with Gasteiger partial charge < -0.3 is 4.74 Å². The zero-order valence-corrected chi connectivity index (χ0v) is 20.6. The number of amides is 1. The number of thiazole rings is 1. The van der Waals surface area contributed by atoms with Gasteiger partial charge in [-0.15, -0.1) is 11.3 Å². The van der Waals surface area contributed by atoms with Crippen LogP contribution in [0.15, 0.2) is 58.8 Å². The number of hydrogen-bond acceptors (Lipinski definition) is 8. The molecule has 11 heteroatoms. The van der Waals surface area contributed by atoms with Crippen LogP contribution >= 0.6 is 11.3 Å². The summed E-state index contributed by atoms with van der Waals surface area (Å²) in [6, 6.07) is 16.8. The van der Waals surface area contributed by atoms with Gasteiger partial charge in [-0.25, -0.2) is 13.4 Å². The number of anilines is 1. The lowest BCUT2D eigenvalue weighted by molar-refractivity contribution is 0.102. The number of ether oxygens (including phenoxy) is 1. The number of carbonyl (C=O) groups is 1. The predicted octanol–water partition coefficient (Wildman–Crippen LogP) is 4.28. The van der Waals surface area contributed by atoms with Crippen LogP contribution in [-0.2, 0) is 10.0 Å². The molecule has 1 amide bonds. The minimum Gasteiger partial charge on any atom is -0.494 e. The minimum atomic E-state index is -3.90. The summed E-state index contributed by atoms with van der Waals surface area (Å²) in [6.07, 6.45) is 0.0230. The number of nitriles is 2. The minimum absolute atomic E-state index is 0.0104. The lowest BCUT2D eigenvalue weighted by Gasteiger charge is -2.20. The second-order valence-electron chi connectivity index (χ2n) is 7.19. The first-order valence-electron chi connectivity index (χ1n) is 10.7. The largest absolute Gasteiger partial charge is 0.494 e. The third-order valence-electron chi connectivity index (χ3n) is 4.89. The van der Waals surface area contributed by atoms with E-state index in [-0.39, 0.29) is 36.4 Å². The zero-order valence-electron chi connectivity index (χ0n) is 19.0. The van der Waals surface area contributed by atoms with Crippen LogP contribution in [0.1, 0.15) is 30.1 Å². The summed E-state index contributed by atoms with van der Waals surface area (Å²) < 4.78 is 32.3. The molecule has 0 aliphatic rings. The second-order valence-corrected chi connectivity index (χ2v) is 9.99. The molecule has 0 saturated heterocycles. The molecule has 3 aromatic rings. The van der Waals surface area contributed by atoms with Gasteiger partial charge in [-0.1, -0.05) is 0 Å². The standard InChI is InChI=1S/C24H23N5O4S2/c1-2-33-20-9-5-18(6-10-20)22-17-34-24(27-22)28-23(30)19-7-11-21(12-8-19)35(31,32)29(15-3-13-25)16-4-14-26/h5-12,17H,2-4,15-16H2,1H3,(H,27,28,30). The summed E-state index contributed by atoms with van der Waals surface area (Å²) in [5, 5.41) is 22.6. The fourth-order valence-electron chi connectivity index (χ4n) is 3.15. The Morgan fingerprint density at radius 1 is 1.06 bits per heavy atom. The highest BCUT2D eigenvalue weighted by Crippen LogP contribution is 2.27. The molecule has 0 saturated carbocycles.